The van der Waals surface area contributed by atoms with E-state index < -0.39 is 0 Å². The maximum atomic E-state index is 14.7. The van der Waals surface area contributed by atoms with E-state index in [0.717, 1.165) is 30.2 Å². The Bertz CT molecular complexity index is 916. The maximum Gasteiger partial charge on any atom is 0.134 e. The summed E-state index contributed by atoms with van der Waals surface area (Å²) in [5, 5.41) is 6.41. The average molecular weight is 375 g/mol. The normalized spacial score (nSPS) is 11.0. The molecular formula is C24H26FN3. The highest BCUT2D eigenvalue weighted by Gasteiger charge is 2.09. The molecular weight excluding hydrogens is 349 g/mol. The van der Waals surface area contributed by atoms with Gasteiger partial charge in [-0.15, -0.1) is 0 Å². The van der Waals surface area contributed by atoms with Gasteiger partial charge in [-0.1, -0.05) is 35.9 Å². The summed E-state index contributed by atoms with van der Waals surface area (Å²) >= 11 is 0. The Labute approximate surface area is 166 Å². The van der Waals surface area contributed by atoms with Crippen molar-refractivity contribution in [1.82, 2.24) is 0 Å². The molecule has 0 spiro atoms. The van der Waals surface area contributed by atoms with Gasteiger partial charge in [-0.3, -0.25) is 0 Å². The molecule has 0 bridgehead atoms. The predicted molar refractivity (Wildman–Crippen MR) is 117 cm³/mol. The third kappa shape index (κ3) is 4.58. The van der Waals surface area contributed by atoms with E-state index in [-0.39, 0.29) is 5.82 Å². The number of hydrogen-bond donors (Lipinski definition) is 0. The lowest BCUT2D eigenvalue weighted by Crippen LogP contribution is -2.21. The van der Waals surface area contributed by atoms with Gasteiger partial charge in [-0.05, 0) is 63.2 Å². The lowest BCUT2D eigenvalue weighted by molar-refractivity contribution is 0.625. The number of aryl methyl sites for hydroxylation is 1. The minimum atomic E-state index is -0.273. The highest BCUT2D eigenvalue weighted by Crippen LogP contribution is 2.26. The second kappa shape index (κ2) is 9.18. The van der Waals surface area contributed by atoms with E-state index in [1.54, 1.807) is 18.3 Å². The topological polar surface area (TPSA) is 18.8 Å². The smallest absolute Gasteiger partial charge is 0.134 e. The van der Waals surface area contributed by atoms with Crippen LogP contribution in [0.3, 0.4) is 0 Å². The first-order valence-corrected chi connectivity index (χ1v) is 9.62. The van der Waals surface area contributed by atoms with Crippen LogP contribution in [0, 0.1) is 12.7 Å². The number of rotatable bonds is 7. The summed E-state index contributed by atoms with van der Waals surface area (Å²) in [7, 11) is 0. The van der Waals surface area contributed by atoms with Crippen LogP contribution >= 0.6 is 0 Å². The first-order chi connectivity index (χ1) is 13.6. The van der Waals surface area contributed by atoms with Crippen molar-refractivity contribution >= 4 is 23.3 Å². The fraction of sp³-hybridized carbons (Fsp3) is 0.208. The number of hydrogen-bond acceptors (Lipinski definition) is 3. The first-order valence-electron chi connectivity index (χ1n) is 9.62. The summed E-state index contributed by atoms with van der Waals surface area (Å²) < 4.78 is 14.7. The molecule has 0 aliphatic heterocycles. The molecule has 0 N–H and O–H groups in total. The third-order valence-electron chi connectivity index (χ3n) is 4.70. The molecule has 28 heavy (non-hydrogen) atoms. The molecule has 0 amide bonds. The second-order valence-corrected chi connectivity index (χ2v) is 6.61. The minimum absolute atomic E-state index is 0.273. The molecule has 0 saturated heterocycles. The van der Waals surface area contributed by atoms with E-state index >= 15 is 0 Å². The fourth-order valence-corrected chi connectivity index (χ4v) is 3.06. The zero-order chi connectivity index (χ0) is 19.9. The van der Waals surface area contributed by atoms with Crippen LogP contribution < -0.4 is 9.91 Å². The highest BCUT2D eigenvalue weighted by molar-refractivity contribution is 5.83. The van der Waals surface area contributed by atoms with Gasteiger partial charge in [-0.2, -0.15) is 5.10 Å². The van der Waals surface area contributed by atoms with Crippen molar-refractivity contribution in [3.05, 3.63) is 89.7 Å². The van der Waals surface area contributed by atoms with Crippen LogP contribution in [0.2, 0.25) is 0 Å². The van der Waals surface area contributed by atoms with E-state index in [1.165, 1.54) is 5.56 Å². The quantitative estimate of drug-likeness (QED) is 0.364. The Morgan fingerprint density at radius 3 is 2.04 bits per heavy atom. The molecule has 144 valence electrons. The van der Waals surface area contributed by atoms with Crippen molar-refractivity contribution in [3.63, 3.8) is 0 Å². The molecule has 0 aromatic heterocycles. The van der Waals surface area contributed by atoms with E-state index in [1.807, 2.05) is 72.6 Å². The largest absolute Gasteiger partial charge is 0.372 e. The van der Waals surface area contributed by atoms with Crippen molar-refractivity contribution in [2.75, 3.05) is 23.0 Å². The zero-order valence-electron chi connectivity index (χ0n) is 16.6. The van der Waals surface area contributed by atoms with Crippen molar-refractivity contribution in [2.24, 2.45) is 5.10 Å². The molecule has 3 rings (SSSR count). The van der Waals surface area contributed by atoms with Gasteiger partial charge in [0.15, 0.2) is 0 Å². The van der Waals surface area contributed by atoms with Crippen LogP contribution in [0.1, 0.15) is 25.0 Å². The minimum Gasteiger partial charge on any atom is -0.372 e. The van der Waals surface area contributed by atoms with Crippen LogP contribution in [-0.4, -0.2) is 19.3 Å². The lowest BCUT2D eigenvalue weighted by atomic mass is 10.2. The lowest BCUT2D eigenvalue weighted by Gasteiger charge is -2.21. The summed E-state index contributed by atoms with van der Waals surface area (Å²) in [4.78, 5) is 2.12. The monoisotopic (exact) mass is 375 g/mol. The Kier molecular flexibility index (Phi) is 6.43. The summed E-state index contributed by atoms with van der Waals surface area (Å²) in [6.07, 6.45) is 1.58. The van der Waals surface area contributed by atoms with Crippen molar-refractivity contribution in [1.29, 1.82) is 0 Å². The van der Waals surface area contributed by atoms with E-state index in [9.17, 15) is 4.39 Å². The Hall–Kier alpha value is -3.14. The molecule has 0 fully saturated rings. The molecule has 0 aliphatic carbocycles. The molecule has 3 aromatic carbocycles. The van der Waals surface area contributed by atoms with Crippen molar-refractivity contribution in [2.45, 2.75) is 20.8 Å². The number of benzene rings is 3. The summed E-state index contributed by atoms with van der Waals surface area (Å²) in [6.45, 7) is 7.87. The average Bonchev–Trinajstić information content (AvgIpc) is 2.72. The molecule has 0 heterocycles. The SMILES string of the molecule is CCN(CC)c1ccc(C=NN(c2ccccc2)c2ccc(C)cc2)c(F)c1. The van der Waals surface area contributed by atoms with Gasteiger partial charge in [-0.25, -0.2) is 9.40 Å². The number of nitrogens with zero attached hydrogens (tertiary/aromatic N) is 3. The van der Waals surface area contributed by atoms with Crippen molar-refractivity contribution in [3.8, 4) is 0 Å². The number of halogens is 1. The van der Waals surface area contributed by atoms with Gasteiger partial charge in [0.05, 0.1) is 17.6 Å². The van der Waals surface area contributed by atoms with E-state index in [4.69, 9.17) is 0 Å². The van der Waals surface area contributed by atoms with Crippen LogP contribution in [-0.2, 0) is 0 Å². The standard InChI is InChI=1S/C24H26FN3/c1-4-27(5-2)23-16-13-20(24(25)17-23)18-26-28(21-9-7-6-8-10-21)22-14-11-19(3)12-15-22/h6-18H,4-5H2,1-3H3. The Morgan fingerprint density at radius 1 is 0.821 bits per heavy atom. The summed E-state index contributed by atoms with van der Waals surface area (Å²) in [6, 6.07) is 23.3. The van der Waals surface area contributed by atoms with Gasteiger partial charge in [0, 0.05) is 24.3 Å². The second-order valence-electron chi connectivity index (χ2n) is 6.61. The number of para-hydroxylation sites is 1. The summed E-state index contributed by atoms with van der Waals surface area (Å²) in [5.74, 6) is -0.273. The van der Waals surface area contributed by atoms with E-state index in [0.29, 0.717) is 5.56 Å². The van der Waals surface area contributed by atoms with Crippen LogP contribution in [0.25, 0.3) is 0 Å². The Morgan fingerprint density at radius 2 is 1.43 bits per heavy atom. The molecule has 0 saturated carbocycles. The van der Waals surface area contributed by atoms with Crippen molar-refractivity contribution < 1.29 is 4.39 Å². The Balaban J connectivity index is 1.92. The molecule has 0 aliphatic rings. The zero-order valence-corrected chi connectivity index (χ0v) is 16.6. The van der Waals surface area contributed by atoms with Gasteiger partial charge in [0.2, 0.25) is 0 Å². The molecule has 3 aromatic rings. The maximum absolute atomic E-state index is 14.7. The molecule has 3 nitrogen and oxygen atoms in total. The first kappa shape index (κ1) is 19.6. The van der Waals surface area contributed by atoms with Crippen LogP contribution in [0.4, 0.5) is 21.5 Å². The van der Waals surface area contributed by atoms with E-state index in [2.05, 4.69) is 23.8 Å². The van der Waals surface area contributed by atoms with Crippen LogP contribution in [0.15, 0.2) is 77.9 Å². The third-order valence-corrected chi connectivity index (χ3v) is 4.70. The van der Waals surface area contributed by atoms with Gasteiger partial charge in [0.1, 0.15) is 5.82 Å². The molecule has 0 atom stereocenters. The molecule has 4 heteroatoms. The predicted octanol–water partition coefficient (Wildman–Crippen LogP) is 6.15. The summed E-state index contributed by atoms with van der Waals surface area (Å²) in [5.41, 5.74) is 4.37. The van der Waals surface area contributed by atoms with Gasteiger partial charge < -0.3 is 4.90 Å². The van der Waals surface area contributed by atoms with Crippen LogP contribution in [0.5, 0.6) is 0 Å². The van der Waals surface area contributed by atoms with Gasteiger partial charge >= 0.3 is 0 Å². The fourth-order valence-electron chi connectivity index (χ4n) is 3.06. The molecule has 0 radical (unpaired) electrons. The molecule has 0 unspecified atom stereocenters. The van der Waals surface area contributed by atoms with Gasteiger partial charge in [0.25, 0.3) is 0 Å². The number of hydrazone groups is 1. The highest BCUT2D eigenvalue weighted by atomic mass is 19.1. The number of anilines is 3.